The van der Waals surface area contributed by atoms with Crippen molar-refractivity contribution in [3.63, 3.8) is 0 Å². The van der Waals surface area contributed by atoms with Crippen molar-refractivity contribution in [3.8, 4) is 11.5 Å². The summed E-state index contributed by atoms with van der Waals surface area (Å²) in [6.45, 7) is 5.45. The fourth-order valence-electron chi connectivity index (χ4n) is 6.44. The van der Waals surface area contributed by atoms with Crippen LogP contribution in [-0.4, -0.2) is 62.2 Å². The Hall–Kier alpha value is -4.75. The van der Waals surface area contributed by atoms with E-state index in [-0.39, 0.29) is 29.0 Å². The number of oxime groups is 1. The Bertz CT molecular complexity index is 1820. The predicted octanol–water partition coefficient (Wildman–Crippen LogP) is 3.58. The van der Waals surface area contributed by atoms with E-state index in [1.165, 1.54) is 12.1 Å². The van der Waals surface area contributed by atoms with Gasteiger partial charge in [0.25, 0.3) is 5.79 Å². The second-order valence-corrected chi connectivity index (χ2v) is 11.9. The number of amidine groups is 1. The van der Waals surface area contributed by atoms with Gasteiger partial charge in [0.2, 0.25) is 5.91 Å². The monoisotopic (exact) mass is 615 g/mol. The lowest BCUT2D eigenvalue weighted by atomic mass is 9.88. The normalized spacial score (nSPS) is 22.1. The predicted molar refractivity (Wildman–Crippen MR) is 162 cm³/mol. The van der Waals surface area contributed by atoms with Gasteiger partial charge in [0, 0.05) is 24.7 Å². The van der Waals surface area contributed by atoms with E-state index < -0.39 is 17.5 Å². The molecule has 0 spiro atoms. The second kappa shape index (κ2) is 11.3. The highest BCUT2D eigenvalue weighted by Gasteiger charge is 2.43. The lowest BCUT2D eigenvalue weighted by molar-refractivity contribution is -0.0712. The van der Waals surface area contributed by atoms with E-state index in [0.29, 0.717) is 30.3 Å². The number of pyridine rings is 1. The average Bonchev–Trinajstić information content (AvgIpc) is 3.54. The van der Waals surface area contributed by atoms with E-state index in [1.807, 2.05) is 18.2 Å². The number of nitrogens with zero attached hydrogens (tertiary/aromatic N) is 5. The number of carbonyl (C=O) groups is 1. The lowest BCUT2D eigenvalue weighted by Gasteiger charge is -2.33. The molecule has 0 aliphatic carbocycles. The first kappa shape index (κ1) is 29.0. The Morgan fingerprint density at radius 1 is 1.16 bits per heavy atom. The highest BCUT2D eigenvalue weighted by molar-refractivity contribution is 5.97. The Kier molecular flexibility index (Phi) is 7.29. The second-order valence-electron chi connectivity index (χ2n) is 11.9. The molecular formula is C32H34FN7O5. The van der Waals surface area contributed by atoms with Crippen LogP contribution in [0.3, 0.4) is 0 Å². The van der Waals surface area contributed by atoms with Gasteiger partial charge in [0.15, 0.2) is 17.3 Å². The Labute approximate surface area is 258 Å². The summed E-state index contributed by atoms with van der Waals surface area (Å²) in [4.78, 5) is 23.2. The summed E-state index contributed by atoms with van der Waals surface area (Å²) in [6, 6.07) is 11.6. The van der Waals surface area contributed by atoms with E-state index in [0.717, 1.165) is 67.4 Å². The van der Waals surface area contributed by atoms with Gasteiger partial charge in [-0.25, -0.2) is 9.37 Å². The van der Waals surface area contributed by atoms with Crippen molar-refractivity contribution < 1.29 is 28.6 Å². The molecule has 2 aromatic heterocycles. The van der Waals surface area contributed by atoms with Gasteiger partial charge in [-0.05, 0) is 68.6 Å². The topological polar surface area (TPSA) is 163 Å². The number of halogens is 1. The van der Waals surface area contributed by atoms with Crippen LogP contribution < -0.4 is 20.9 Å². The highest BCUT2D eigenvalue weighted by Crippen LogP contribution is 2.49. The van der Waals surface area contributed by atoms with Crippen molar-refractivity contribution in [2.45, 2.75) is 57.1 Å². The summed E-state index contributed by atoms with van der Waals surface area (Å²) in [5.41, 5.74) is 14.4. The van der Waals surface area contributed by atoms with Crippen LogP contribution in [0.15, 0.2) is 53.8 Å². The number of imidazole rings is 1. The van der Waals surface area contributed by atoms with Crippen LogP contribution >= 0.6 is 0 Å². The summed E-state index contributed by atoms with van der Waals surface area (Å²) in [5, 5.41) is 12.2. The Morgan fingerprint density at radius 2 is 1.96 bits per heavy atom. The number of para-hydroxylation sites is 1. The zero-order valence-corrected chi connectivity index (χ0v) is 24.8. The zero-order chi connectivity index (χ0) is 31.3. The molecule has 2 saturated heterocycles. The largest absolute Gasteiger partial charge is 0.444 e. The molecule has 1 amide bonds. The Balaban J connectivity index is 1.07. The number of primary amides is 1. The fraction of sp³-hybridized carbons (Fsp3) is 0.375. The van der Waals surface area contributed by atoms with Crippen molar-refractivity contribution in [2.75, 3.05) is 19.7 Å². The van der Waals surface area contributed by atoms with Crippen LogP contribution in [0.4, 0.5) is 4.39 Å². The van der Waals surface area contributed by atoms with Crippen molar-refractivity contribution in [3.05, 3.63) is 82.7 Å². The van der Waals surface area contributed by atoms with Gasteiger partial charge in [-0.2, -0.15) is 0 Å². The molecule has 13 heteroatoms. The van der Waals surface area contributed by atoms with E-state index >= 15 is 4.39 Å². The van der Waals surface area contributed by atoms with E-state index in [4.69, 9.17) is 35.9 Å². The van der Waals surface area contributed by atoms with Gasteiger partial charge in [0.1, 0.15) is 17.3 Å². The summed E-state index contributed by atoms with van der Waals surface area (Å²) in [7, 11) is 0. The number of benzene rings is 2. The molecule has 5 heterocycles. The highest BCUT2D eigenvalue weighted by atomic mass is 19.1. The van der Waals surface area contributed by atoms with Crippen molar-refractivity contribution in [1.29, 1.82) is 0 Å². The first-order valence-electron chi connectivity index (χ1n) is 15.0. The number of aromatic nitrogens is 3. The molecule has 0 bridgehead atoms. The van der Waals surface area contributed by atoms with Gasteiger partial charge in [0.05, 0.1) is 42.0 Å². The van der Waals surface area contributed by atoms with Crippen LogP contribution in [-0.2, 0) is 23.6 Å². The smallest absolute Gasteiger partial charge is 0.278 e. The molecule has 2 aromatic carbocycles. The van der Waals surface area contributed by atoms with E-state index in [1.54, 1.807) is 19.2 Å². The zero-order valence-electron chi connectivity index (χ0n) is 24.8. The number of fused-ring (bicyclic) bond motifs is 2. The van der Waals surface area contributed by atoms with Crippen molar-refractivity contribution in [2.24, 2.45) is 16.6 Å². The van der Waals surface area contributed by atoms with Gasteiger partial charge >= 0.3 is 0 Å². The molecule has 3 aliphatic rings. The molecule has 2 atom stereocenters. The maximum absolute atomic E-state index is 15.1. The van der Waals surface area contributed by atoms with Crippen LogP contribution in [0, 0.1) is 5.82 Å². The number of rotatable bonds is 8. The molecule has 0 radical (unpaired) electrons. The summed E-state index contributed by atoms with van der Waals surface area (Å²) < 4.78 is 35.5. The average molecular weight is 616 g/mol. The van der Waals surface area contributed by atoms with Crippen LogP contribution in [0.1, 0.15) is 65.1 Å². The lowest BCUT2D eigenvalue weighted by Crippen LogP contribution is -2.35. The number of nitrogens with two attached hydrogens (primary N) is 2. The van der Waals surface area contributed by atoms with E-state index in [2.05, 4.69) is 19.6 Å². The summed E-state index contributed by atoms with van der Waals surface area (Å²) in [6.07, 6.45) is 4.63. The van der Waals surface area contributed by atoms with Gasteiger partial charge in [-0.1, -0.05) is 17.3 Å². The number of likely N-dealkylation sites (tertiary alicyclic amines) is 1. The number of hydrogen-bond acceptors (Lipinski definition) is 9. The third-order valence-corrected chi connectivity index (χ3v) is 9.01. The SMILES string of the molecule is CC1(c2ccc(C(N)=O)cc2F)Oc2cccc(C3CCN(Cc4nc5cc(C(N)=NO)ncc5n4C[C@@H]4CCO4)CC3)c2O1. The minimum absolute atomic E-state index is 0.0642. The molecule has 7 rings (SSSR count). The molecule has 234 valence electrons. The third kappa shape index (κ3) is 5.31. The Morgan fingerprint density at radius 3 is 2.64 bits per heavy atom. The number of amides is 1. The minimum Gasteiger partial charge on any atom is -0.444 e. The fourth-order valence-corrected chi connectivity index (χ4v) is 6.44. The van der Waals surface area contributed by atoms with Gasteiger partial charge in [-0.15, -0.1) is 0 Å². The maximum Gasteiger partial charge on any atom is 0.278 e. The first-order chi connectivity index (χ1) is 21.7. The number of piperidine rings is 1. The number of carbonyl (C=O) groups excluding carboxylic acids is 1. The van der Waals surface area contributed by atoms with Gasteiger partial charge in [-0.3, -0.25) is 14.7 Å². The van der Waals surface area contributed by atoms with Crippen LogP contribution in [0.25, 0.3) is 11.0 Å². The van der Waals surface area contributed by atoms with Gasteiger partial charge < -0.3 is 35.5 Å². The quantitative estimate of drug-likeness (QED) is 0.116. The molecule has 1 unspecified atom stereocenters. The first-order valence-corrected chi connectivity index (χ1v) is 15.0. The van der Waals surface area contributed by atoms with Crippen LogP contribution in [0.2, 0.25) is 0 Å². The number of ether oxygens (including phenoxy) is 3. The minimum atomic E-state index is -1.38. The van der Waals surface area contributed by atoms with E-state index in [9.17, 15) is 4.79 Å². The number of hydrogen-bond donors (Lipinski definition) is 3. The molecule has 45 heavy (non-hydrogen) atoms. The summed E-state index contributed by atoms with van der Waals surface area (Å²) >= 11 is 0. The van der Waals surface area contributed by atoms with Crippen molar-refractivity contribution >= 4 is 22.8 Å². The molecule has 12 nitrogen and oxygen atoms in total. The third-order valence-electron chi connectivity index (χ3n) is 9.01. The maximum atomic E-state index is 15.1. The molecule has 0 saturated carbocycles. The summed E-state index contributed by atoms with van der Waals surface area (Å²) in [5.74, 6) is -0.464. The molecule has 3 aliphatic heterocycles. The molecular weight excluding hydrogens is 581 g/mol. The molecule has 5 N–H and O–H groups in total. The molecule has 4 aromatic rings. The molecule has 2 fully saturated rings. The standard InChI is InChI=1S/C32H34FN7O5/c1-32(22-6-5-19(31(35)41)13-23(22)33)44-27-4-2-3-21(29(27)45-32)18-7-10-39(11-8-18)17-28-37-24-14-25(30(34)38-42)36-15-26(24)40(28)16-20-9-12-43-20/h2-6,13-15,18,20,42H,7-12,16-17H2,1H3,(H2,34,38)(H2,35,41)/t20-,32?/m0/s1. The van der Waals surface area contributed by atoms with Crippen molar-refractivity contribution in [1.82, 2.24) is 19.4 Å². The van der Waals surface area contributed by atoms with Crippen LogP contribution in [0.5, 0.6) is 11.5 Å².